The molecule has 7 nitrogen and oxygen atoms in total. The summed E-state index contributed by atoms with van der Waals surface area (Å²) in [5.74, 6) is 0.390. The number of rotatable bonds is 4. The summed E-state index contributed by atoms with van der Waals surface area (Å²) in [6, 6.07) is 2.84. The lowest BCUT2D eigenvalue weighted by atomic mass is 10.3. The average Bonchev–Trinajstić information content (AvgIpc) is 2.75. The number of pyridine rings is 1. The first-order valence-electron chi connectivity index (χ1n) is 5.57. The fourth-order valence-electron chi connectivity index (χ4n) is 1.56. The minimum atomic E-state index is -0.556. The Morgan fingerprint density at radius 2 is 2.26 bits per heavy atom. The third-order valence-corrected chi connectivity index (χ3v) is 3.57. The van der Waals surface area contributed by atoms with Gasteiger partial charge >= 0.3 is 5.69 Å². The van der Waals surface area contributed by atoms with Crippen molar-refractivity contribution < 1.29 is 4.92 Å². The van der Waals surface area contributed by atoms with Crippen LogP contribution in [0.5, 0.6) is 0 Å². The number of thiazole rings is 1. The lowest BCUT2D eigenvalue weighted by molar-refractivity contribution is -0.384. The van der Waals surface area contributed by atoms with Gasteiger partial charge in [-0.15, -0.1) is 11.3 Å². The van der Waals surface area contributed by atoms with Crippen molar-refractivity contribution in [3.8, 4) is 0 Å². The van der Waals surface area contributed by atoms with Crippen LogP contribution in [0.25, 0.3) is 0 Å². The van der Waals surface area contributed by atoms with Gasteiger partial charge in [-0.05, 0) is 19.9 Å². The van der Waals surface area contributed by atoms with Gasteiger partial charge in [-0.1, -0.05) is 0 Å². The van der Waals surface area contributed by atoms with E-state index in [9.17, 15) is 10.1 Å². The first kappa shape index (κ1) is 13.2. The summed E-state index contributed by atoms with van der Waals surface area (Å²) < 4.78 is 0. The first-order chi connectivity index (χ1) is 8.97. The Kier molecular flexibility index (Phi) is 3.61. The van der Waals surface area contributed by atoms with E-state index in [2.05, 4.69) is 15.3 Å². The van der Waals surface area contributed by atoms with E-state index in [1.165, 1.54) is 12.1 Å². The fourth-order valence-corrected chi connectivity index (χ4v) is 2.33. The van der Waals surface area contributed by atoms with Crippen LogP contribution in [0.3, 0.4) is 0 Å². The van der Waals surface area contributed by atoms with Crippen molar-refractivity contribution in [3.63, 3.8) is 0 Å². The summed E-state index contributed by atoms with van der Waals surface area (Å²) in [5, 5.41) is 14.7. The summed E-state index contributed by atoms with van der Waals surface area (Å²) in [6.45, 7) is 3.92. The van der Waals surface area contributed by atoms with E-state index in [0.717, 1.165) is 9.88 Å². The van der Waals surface area contributed by atoms with Crippen LogP contribution in [0, 0.1) is 17.0 Å². The van der Waals surface area contributed by atoms with E-state index >= 15 is 0 Å². The van der Waals surface area contributed by atoms with Gasteiger partial charge in [-0.2, -0.15) is 0 Å². The second kappa shape index (κ2) is 5.19. The van der Waals surface area contributed by atoms with E-state index in [-0.39, 0.29) is 17.5 Å². The molecular formula is C11H13N5O2S. The SMILES string of the molecule is Cc1cnc(C(C)Nc2ccc([N+](=O)[O-])c(N)n2)s1. The van der Waals surface area contributed by atoms with Gasteiger partial charge in [0.25, 0.3) is 0 Å². The first-order valence-corrected chi connectivity index (χ1v) is 6.39. The smallest absolute Gasteiger partial charge is 0.311 e. The molecule has 8 heteroatoms. The predicted molar refractivity (Wildman–Crippen MR) is 74.2 cm³/mol. The molecule has 1 unspecified atom stereocenters. The number of hydrogen-bond acceptors (Lipinski definition) is 7. The Morgan fingerprint density at radius 3 is 2.79 bits per heavy atom. The highest BCUT2D eigenvalue weighted by molar-refractivity contribution is 7.11. The third-order valence-electron chi connectivity index (χ3n) is 2.47. The predicted octanol–water partition coefficient (Wildman–Crippen LogP) is 2.51. The van der Waals surface area contributed by atoms with E-state index in [1.54, 1.807) is 17.5 Å². The molecule has 100 valence electrons. The molecular weight excluding hydrogens is 266 g/mol. The van der Waals surface area contributed by atoms with Gasteiger partial charge in [0.05, 0.1) is 11.0 Å². The van der Waals surface area contributed by atoms with Gasteiger partial charge in [0.2, 0.25) is 5.82 Å². The summed E-state index contributed by atoms with van der Waals surface area (Å²) in [7, 11) is 0. The van der Waals surface area contributed by atoms with Crippen molar-refractivity contribution in [2.75, 3.05) is 11.1 Å². The lowest BCUT2D eigenvalue weighted by Gasteiger charge is -2.11. The van der Waals surface area contributed by atoms with Gasteiger partial charge in [-0.3, -0.25) is 10.1 Å². The Hall–Kier alpha value is -2.22. The monoisotopic (exact) mass is 279 g/mol. The third kappa shape index (κ3) is 2.97. The molecule has 2 aromatic rings. The number of nitro groups is 1. The van der Waals surface area contributed by atoms with Crippen LogP contribution in [-0.4, -0.2) is 14.9 Å². The topological polar surface area (TPSA) is 107 Å². The number of aryl methyl sites for hydroxylation is 1. The molecule has 2 aromatic heterocycles. The highest BCUT2D eigenvalue weighted by Crippen LogP contribution is 2.25. The van der Waals surface area contributed by atoms with Crippen LogP contribution in [0.15, 0.2) is 18.3 Å². The number of hydrogen-bond donors (Lipinski definition) is 2. The molecule has 0 bridgehead atoms. The maximum atomic E-state index is 10.6. The summed E-state index contributed by atoms with van der Waals surface area (Å²) in [6.07, 6.45) is 1.80. The van der Waals surface area contributed by atoms with Gasteiger partial charge < -0.3 is 11.1 Å². The molecule has 0 aliphatic rings. The summed E-state index contributed by atoms with van der Waals surface area (Å²) >= 11 is 1.59. The number of nitrogens with zero attached hydrogens (tertiary/aromatic N) is 3. The quantitative estimate of drug-likeness (QED) is 0.657. The highest BCUT2D eigenvalue weighted by atomic mass is 32.1. The number of anilines is 2. The molecule has 0 fully saturated rings. The van der Waals surface area contributed by atoms with Crippen molar-refractivity contribution in [1.29, 1.82) is 0 Å². The molecule has 0 saturated heterocycles. The number of nitrogens with one attached hydrogen (secondary N) is 1. The highest BCUT2D eigenvalue weighted by Gasteiger charge is 2.15. The maximum absolute atomic E-state index is 10.6. The molecule has 0 spiro atoms. The molecule has 0 aliphatic heterocycles. The van der Waals surface area contributed by atoms with Crippen LogP contribution in [0.1, 0.15) is 22.9 Å². The Balaban J connectivity index is 2.15. The molecule has 0 radical (unpaired) electrons. The van der Waals surface area contributed by atoms with Gasteiger partial charge in [-0.25, -0.2) is 9.97 Å². The van der Waals surface area contributed by atoms with E-state index in [0.29, 0.717) is 5.82 Å². The van der Waals surface area contributed by atoms with Crippen molar-refractivity contribution in [1.82, 2.24) is 9.97 Å². The molecule has 0 saturated carbocycles. The largest absolute Gasteiger partial charge is 0.378 e. The van der Waals surface area contributed by atoms with E-state index < -0.39 is 4.92 Å². The summed E-state index contributed by atoms with van der Waals surface area (Å²) in [4.78, 5) is 19.4. The zero-order chi connectivity index (χ0) is 14.0. The van der Waals surface area contributed by atoms with Crippen LogP contribution in [0.4, 0.5) is 17.3 Å². The van der Waals surface area contributed by atoms with E-state index in [4.69, 9.17) is 5.73 Å². The standard InChI is InChI=1S/C11H13N5O2S/c1-6-5-13-11(19-6)7(2)14-9-4-3-8(16(17)18)10(12)15-9/h3-5,7H,1-2H3,(H3,12,14,15). The van der Waals surface area contributed by atoms with Crippen molar-refractivity contribution in [3.05, 3.63) is 38.3 Å². The molecule has 0 aliphatic carbocycles. The van der Waals surface area contributed by atoms with Crippen LogP contribution < -0.4 is 11.1 Å². The Morgan fingerprint density at radius 1 is 1.53 bits per heavy atom. The lowest BCUT2D eigenvalue weighted by Crippen LogP contribution is -2.09. The second-order valence-corrected chi connectivity index (χ2v) is 5.30. The molecule has 1 atom stereocenters. The normalized spacial score (nSPS) is 12.1. The van der Waals surface area contributed by atoms with Crippen molar-refractivity contribution in [2.24, 2.45) is 0 Å². The van der Waals surface area contributed by atoms with Gasteiger partial charge in [0, 0.05) is 17.1 Å². The number of nitrogen functional groups attached to an aromatic ring is 1. The van der Waals surface area contributed by atoms with Gasteiger partial charge in [0.1, 0.15) is 10.8 Å². The minimum Gasteiger partial charge on any atom is -0.378 e. The molecule has 0 aromatic carbocycles. The zero-order valence-corrected chi connectivity index (χ0v) is 11.3. The fraction of sp³-hybridized carbons (Fsp3) is 0.273. The summed E-state index contributed by atoms with van der Waals surface area (Å²) in [5.41, 5.74) is 5.34. The molecule has 2 rings (SSSR count). The molecule has 19 heavy (non-hydrogen) atoms. The van der Waals surface area contributed by atoms with E-state index in [1.807, 2.05) is 13.8 Å². The van der Waals surface area contributed by atoms with Gasteiger partial charge in [0.15, 0.2) is 0 Å². The van der Waals surface area contributed by atoms with Crippen LogP contribution in [0.2, 0.25) is 0 Å². The molecule has 3 N–H and O–H groups in total. The molecule has 0 amide bonds. The van der Waals surface area contributed by atoms with Crippen molar-refractivity contribution >= 4 is 28.7 Å². The Labute approximate surface area is 113 Å². The number of aromatic nitrogens is 2. The number of nitrogens with two attached hydrogens (primary N) is 1. The minimum absolute atomic E-state index is 0.0351. The zero-order valence-electron chi connectivity index (χ0n) is 10.5. The average molecular weight is 279 g/mol. The maximum Gasteiger partial charge on any atom is 0.311 e. The molecule has 2 heterocycles. The Bertz CT molecular complexity index is 613. The van der Waals surface area contributed by atoms with Crippen LogP contribution in [-0.2, 0) is 0 Å². The van der Waals surface area contributed by atoms with Crippen LogP contribution >= 0.6 is 11.3 Å². The van der Waals surface area contributed by atoms with Crippen molar-refractivity contribution in [2.45, 2.75) is 19.9 Å². The second-order valence-electron chi connectivity index (χ2n) is 4.03.